The van der Waals surface area contributed by atoms with Gasteiger partial charge in [-0.2, -0.15) is 0 Å². The van der Waals surface area contributed by atoms with Crippen molar-refractivity contribution in [3.8, 4) is 0 Å². The van der Waals surface area contributed by atoms with Crippen molar-refractivity contribution in [3.05, 3.63) is 22.7 Å². The van der Waals surface area contributed by atoms with Gasteiger partial charge in [0, 0.05) is 11.7 Å². The number of benzene rings is 1. The molecule has 0 bridgehead atoms. The molecule has 1 aromatic carbocycles. The Morgan fingerprint density at radius 1 is 1.50 bits per heavy atom. The van der Waals surface area contributed by atoms with Crippen LogP contribution in [0.5, 0.6) is 0 Å². The zero-order valence-corrected chi connectivity index (χ0v) is 12.0. The molecule has 4 nitrogen and oxygen atoms in total. The van der Waals surface area contributed by atoms with Crippen molar-refractivity contribution in [1.29, 1.82) is 0 Å². The highest BCUT2D eigenvalue weighted by atomic mass is 35.5. The Balaban J connectivity index is 2.27. The monoisotopic (exact) mass is 288 g/mol. The Hall–Kier alpha value is -0.780. The summed E-state index contributed by atoms with van der Waals surface area (Å²) in [5.74, 6) is 0.446. The summed E-state index contributed by atoms with van der Waals surface area (Å²) in [5.41, 5.74) is 6.94. The maximum Gasteiger partial charge on any atom is 0.242 e. The summed E-state index contributed by atoms with van der Waals surface area (Å²) in [6.45, 7) is 3.84. The first-order valence-corrected chi connectivity index (χ1v) is 7.79. The van der Waals surface area contributed by atoms with E-state index in [1.54, 1.807) is 13.0 Å². The molecule has 0 saturated heterocycles. The van der Waals surface area contributed by atoms with Crippen LogP contribution in [-0.4, -0.2) is 14.5 Å². The lowest BCUT2D eigenvalue weighted by Gasteiger charge is -2.10. The fraction of sp³-hybridized carbons (Fsp3) is 0.500. The summed E-state index contributed by atoms with van der Waals surface area (Å²) in [4.78, 5) is 0.0639. The van der Waals surface area contributed by atoms with E-state index in [4.69, 9.17) is 17.3 Å². The molecule has 0 heterocycles. The molecule has 6 heteroatoms. The summed E-state index contributed by atoms with van der Waals surface area (Å²) in [5, 5.41) is 0.211. The summed E-state index contributed by atoms with van der Waals surface area (Å²) in [6.07, 6.45) is 1.88. The molecule has 2 atom stereocenters. The number of anilines is 1. The van der Waals surface area contributed by atoms with E-state index in [0.29, 0.717) is 11.6 Å². The molecular formula is C12H17ClN2O2S. The maximum absolute atomic E-state index is 12.2. The number of nitrogen functional groups attached to an aromatic ring is 1. The second kappa shape index (κ2) is 4.72. The van der Waals surface area contributed by atoms with Crippen LogP contribution in [0.3, 0.4) is 0 Å². The summed E-state index contributed by atoms with van der Waals surface area (Å²) in [7, 11) is -3.57. The molecule has 0 amide bonds. The standard InChI is InChI=1S/C12H17ClN2O2S/c1-3-8-5-11(8)15-18(16,17)12-6-10(14)7(2)4-9(12)13/h4,6,8,11,15H,3,5,14H2,1-2H3. The molecule has 3 N–H and O–H groups in total. The highest BCUT2D eigenvalue weighted by Crippen LogP contribution is 2.35. The average Bonchev–Trinajstić information content (AvgIpc) is 3.00. The molecule has 0 aromatic heterocycles. The van der Waals surface area contributed by atoms with E-state index in [0.717, 1.165) is 18.4 Å². The van der Waals surface area contributed by atoms with Crippen LogP contribution in [0, 0.1) is 12.8 Å². The molecule has 1 aliphatic carbocycles. The number of nitrogens with two attached hydrogens (primary N) is 1. The largest absolute Gasteiger partial charge is 0.398 e. The van der Waals surface area contributed by atoms with Crippen LogP contribution in [0.2, 0.25) is 5.02 Å². The fourth-order valence-corrected chi connectivity index (χ4v) is 3.92. The van der Waals surface area contributed by atoms with Gasteiger partial charge in [0.1, 0.15) is 4.90 Å². The average molecular weight is 289 g/mol. The van der Waals surface area contributed by atoms with Crippen molar-refractivity contribution >= 4 is 27.3 Å². The third-order valence-corrected chi connectivity index (χ3v) is 5.32. The Kier molecular flexibility index (Phi) is 3.58. The molecule has 0 spiro atoms. The van der Waals surface area contributed by atoms with Crippen molar-refractivity contribution in [2.24, 2.45) is 5.92 Å². The van der Waals surface area contributed by atoms with E-state index in [9.17, 15) is 8.42 Å². The number of rotatable bonds is 4. The topological polar surface area (TPSA) is 72.2 Å². The second-order valence-electron chi connectivity index (χ2n) is 4.77. The van der Waals surface area contributed by atoms with Crippen molar-refractivity contribution in [3.63, 3.8) is 0 Å². The van der Waals surface area contributed by atoms with Gasteiger partial charge in [-0.25, -0.2) is 13.1 Å². The number of sulfonamides is 1. The summed E-state index contributed by atoms with van der Waals surface area (Å²) >= 11 is 5.99. The van der Waals surface area contributed by atoms with Gasteiger partial charge in [-0.3, -0.25) is 0 Å². The molecule has 100 valence electrons. The first kappa shape index (κ1) is 13.6. The molecule has 2 rings (SSSR count). The molecule has 2 unspecified atom stereocenters. The molecule has 1 aromatic rings. The van der Waals surface area contributed by atoms with Crippen LogP contribution in [0.25, 0.3) is 0 Å². The number of hydrogen-bond donors (Lipinski definition) is 2. The first-order valence-electron chi connectivity index (χ1n) is 5.93. The lowest BCUT2D eigenvalue weighted by atomic mass is 10.2. The second-order valence-corrected chi connectivity index (χ2v) is 6.86. The van der Waals surface area contributed by atoms with Gasteiger partial charge in [0.25, 0.3) is 0 Å². The Labute approximate surface area is 113 Å². The van der Waals surface area contributed by atoms with Crippen molar-refractivity contribution in [2.45, 2.75) is 37.6 Å². The summed E-state index contributed by atoms with van der Waals surface area (Å²) < 4.78 is 27.0. The van der Waals surface area contributed by atoms with E-state index in [-0.39, 0.29) is 16.0 Å². The minimum absolute atomic E-state index is 0.0404. The molecule has 18 heavy (non-hydrogen) atoms. The predicted octanol–water partition coefficient (Wildman–Crippen LogP) is 2.31. The number of hydrogen-bond acceptors (Lipinski definition) is 3. The quantitative estimate of drug-likeness (QED) is 0.835. The molecule has 1 saturated carbocycles. The molecule has 1 fully saturated rings. The number of halogens is 1. The van der Waals surface area contributed by atoms with Gasteiger partial charge in [-0.15, -0.1) is 0 Å². The minimum Gasteiger partial charge on any atom is -0.398 e. The molecule has 0 radical (unpaired) electrons. The molecular weight excluding hydrogens is 272 g/mol. The Morgan fingerprint density at radius 2 is 2.17 bits per heavy atom. The van der Waals surface area contributed by atoms with Gasteiger partial charge in [0.2, 0.25) is 10.0 Å². The lowest BCUT2D eigenvalue weighted by molar-refractivity contribution is 0.576. The van der Waals surface area contributed by atoms with E-state index in [1.165, 1.54) is 6.07 Å². The smallest absolute Gasteiger partial charge is 0.242 e. The van der Waals surface area contributed by atoms with Gasteiger partial charge >= 0.3 is 0 Å². The van der Waals surface area contributed by atoms with Crippen molar-refractivity contribution < 1.29 is 8.42 Å². The SMILES string of the molecule is CCC1CC1NS(=O)(=O)c1cc(N)c(C)cc1Cl. The van der Waals surface area contributed by atoms with Crippen LogP contribution in [-0.2, 0) is 10.0 Å². The molecule has 1 aliphatic rings. The zero-order chi connectivity index (χ0) is 13.5. The van der Waals surface area contributed by atoms with E-state index < -0.39 is 10.0 Å². The van der Waals surface area contributed by atoms with Gasteiger partial charge in [0.15, 0.2) is 0 Å². The maximum atomic E-state index is 12.2. The van der Waals surface area contributed by atoms with Crippen molar-refractivity contribution in [2.75, 3.05) is 5.73 Å². The van der Waals surface area contributed by atoms with Gasteiger partial charge < -0.3 is 5.73 Å². The van der Waals surface area contributed by atoms with Crippen LogP contribution < -0.4 is 10.5 Å². The normalized spacial score (nSPS) is 23.1. The van der Waals surface area contributed by atoms with E-state index >= 15 is 0 Å². The van der Waals surface area contributed by atoms with Crippen LogP contribution in [0.4, 0.5) is 5.69 Å². The minimum atomic E-state index is -3.57. The zero-order valence-electron chi connectivity index (χ0n) is 10.4. The first-order chi connectivity index (χ1) is 8.35. The van der Waals surface area contributed by atoms with Crippen LogP contribution >= 0.6 is 11.6 Å². The Bertz CT molecular complexity index is 572. The third kappa shape index (κ3) is 2.63. The lowest BCUT2D eigenvalue weighted by Crippen LogP contribution is -2.27. The van der Waals surface area contributed by atoms with Gasteiger partial charge in [0.05, 0.1) is 5.02 Å². The summed E-state index contributed by atoms with van der Waals surface area (Å²) in [6, 6.07) is 3.04. The van der Waals surface area contributed by atoms with Crippen molar-refractivity contribution in [1.82, 2.24) is 4.72 Å². The van der Waals surface area contributed by atoms with Gasteiger partial charge in [-0.1, -0.05) is 24.9 Å². The van der Waals surface area contributed by atoms with E-state index in [1.807, 2.05) is 0 Å². The number of aryl methyl sites for hydroxylation is 1. The van der Waals surface area contributed by atoms with Gasteiger partial charge in [-0.05, 0) is 37.0 Å². The Morgan fingerprint density at radius 3 is 2.72 bits per heavy atom. The fourth-order valence-electron chi connectivity index (χ4n) is 1.98. The predicted molar refractivity (Wildman–Crippen MR) is 73.1 cm³/mol. The highest BCUT2D eigenvalue weighted by Gasteiger charge is 2.39. The van der Waals surface area contributed by atoms with Crippen LogP contribution in [0.1, 0.15) is 25.3 Å². The highest BCUT2D eigenvalue weighted by molar-refractivity contribution is 7.89. The third-order valence-electron chi connectivity index (χ3n) is 3.36. The van der Waals surface area contributed by atoms with Crippen LogP contribution in [0.15, 0.2) is 17.0 Å². The molecule has 0 aliphatic heterocycles. The van der Waals surface area contributed by atoms with E-state index in [2.05, 4.69) is 11.6 Å². The number of nitrogens with one attached hydrogen (secondary N) is 1.